The number of halogens is 1. The van der Waals surface area contributed by atoms with Gasteiger partial charge in [-0.25, -0.2) is 4.79 Å². The van der Waals surface area contributed by atoms with E-state index in [1.54, 1.807) is 18.2 Å². The van der Waals surface area contributed by atoms with Crippen molar-refractivity contribution in [1.82, 2.24) is 0 Å². The number of aliphatic hydroxyl groups excluding tert-OH is 1. The van der Waals surface area contributed by atoms with Crippen LogP contribution in [0.3, 0.4) is 0 Å². The van der Waals surface area contributed by atoms with Crippen LogP contribution >= 0.6 is 15.9 Å². The minimum Gasteiger partial charge on any atom is -0.428 e. The van der Waals surface area contributed by atoms with Crippen molar-refractivity contribution in [2.45, 2.75) is 6.29 Å². The Hall–Kier alpha value is -1.39. The first-order valence-corrected chi connectivity index (χ1v) is 5.58. The standard InChI is InChI=1S/C12H7BrO3/c13-9-5-4-8-10-6(9)2-1-3-7(10)11(14)16-12(8)15/h1-5,11,14H. The minimum absolute atomic E-state index is 0.483. The molecule has 1 atom stereocenters. The van der Waals surface area contributed by atoms with E-state index in [0.717, 1.165) is 15.2 Å². The first-order valence-electron chi connectivity index (χ1n) is 4.78. The number of rotatable bonds is 0. The number of hydrogen-bond acceptors (Lipinski definition) is 3. The summed E-state index contributed by atoms with van der Waals surface area (Å²) in [4.78, 5) is 11.6. The van der Waals surface area contributed by atoms with E-state index < -0.39 is 12.3 Å². The smallest absolute Gasteiger partial charge is 0.341 e. The van der Waals surface area contributed by atoms with Gasteiger partial charge in [0, 0.05) is 15.4 Å². The molecule has 1 heterocycles. The van der Waals surface area contributed by atoms with Gasteiger partial charge in [-0.15, -0.1) is 0 Å². The molecule has 3 nitrogen and oxygen atoms in total. The molecule has 0 aliphatic carbocycles. The van der Waals surface area contributed by atoms with Gasteiger partial charge < -0.3 is 9.84 Å². The monoisotopic (exact) mass is 278 g/mol. The molecule has 0 radical (unpaired) electrons. The van der Waals surface area contributed by atoms with Crippen LogP contribution in [0.25, 0.3) is 10.8 Å². The highest BCUT2D eigenvalue weighted by molar-refractivity contribution is 9.10. The van der Waals surface area contributed by atoms with Crippen LogP contribution in [0.5, 0.6) is 0 Å². The molecule has 2 aromatic carbocycles. The number of cyclic esters (lactones) is 1. The Balaban J connectivity index is 2.52. The number of carbonyl (C=O) groups is 1. The number of benzene rings is 2. The van der Waals surface area contributed by atoms with Gasteiger partial charge in [0.05, 0.1) is 5.56 Å². The maximum atomic E-state index is 11.6. The summed E-state index contributed by atoms with van der Waals surface area (Å²) in [7, 11) is 0. The zero-order valence-corrected chi connectivity index (χ0v) is 9.69. The molecule has 0 fully saturated rings. The van der Waals surface area contributed by atoms with Crippen LogP contribution in [-0.4, -0.2) is 11.1 Å². The van der Waals surface area contributed by atoms with Crippen molar-refractivity contribution >= 4 is 32.7 Å². The Bertz CT molecular complexity index is 606. The SMILES string of the molecule is O=C1OC(O)c2cccc3c(Br)ccc1c23. The molecule has 4 heteroatoms. The third-order valence-corrected chi connectivity index (χ3v) is 3.42. The average molecular weight is 279 g/mol. The van der Waals surface area contributed by atoms with Gasteiger partial charge in [0.2, 0.25) is 6.29 Å². The molecular formula is C12H7BrO3. The molecule has 1 aliphatic rings. The van der Waals surface area contributed by atoms with Crippen molar-refractivity contribution in [2.75, 3.05) is 0 Å². The summed E-state index contributed by atoms with van der Waals surface area (Å²) in [5, 5.41) is 11.3. The van der Waals surface area contributed by atoms with Crippen LogP contribution in [0.4, 0.5) is 0 Å². The fourth-order valence-electron chi connectivity index (χ4n) is 2.00. The Morgan fingerprint density at radius 3 is 2.88 bits per heavy atom. The van der Waals surface area contributed by atoms with E-state index in [1.165, 1.54) is 0 Å². The zero-order valence-electron chi connectivity index (χ0n) is 8.11. The number of hydrogen-bond donors (Lipinski definition) is 1. The van der Waals surface area contributed by atoms with Gasteiger partial charge in [-0.3, -0.25) is 0 Å². The third-order valence-electron chi connectivity index (χ3n) is 2.72. The topological polar surface area (TPSA) is 46.5 Å². The fraction of sp³-hybridized carbons (Fsp3) is 0.0833. The lowest BCUT2D eigenvalue weighted by Gasteiger charge is -2.21. The molecule has 16 heavy (non-hydrogen) atoms. The highest BCUT2D eigenvalue weighted by atomic mass is 79.9. The molecule has 1 unspecified atom stereocenters. The van der Waals surface area contributed by atoms with Gasteiger partial charge in [0.1, 0.15) is 0 Å². The summed E-state index contributed by atoms with van der Waals surface area (Å²) in [6.45, 7) is 0. The van der Waals surface area contributed by atoms with E-state index in [9.17, 15) is 9.90 Å². The highest BCUT2D eigenvalue weighted by Crippen LogP contribution is 2.36. The second kappa shape index (κ2) is 3.30. The van der Waals surface area contributed by atoms with Gasteiger partial charge in [-0.1, -0.05) is 34.1 Å². The van der Waals surface area contributed by atoms with Crippen LogP contribution in [0, 0.1) is 0 Å². The lowest BCUT2D eigenvalue weighted by molar-refractivity contribution is -0.0686. The van der Waals surface area contributed by atoms with Gasteiger partial charge in [-0.05, 0) is 17.5 Å². The first kappa shape index (κ1) is 9.81. The number of aliphatic hydroxyl groups is 1. The Morgan fingerprint density at radius 1 is 1.25 bits per heavy atom. The van der Waals surface area contributed by atoms with E-state index in [4.69, 9.17) is 4.74 Å². The molecular weight excluding hydrogens is 272 g/mol. The van der Waals surface area contributed by atoms with Crippen LogP contribution in [0.15, 0.2) is 34.8 Å². The predicted octanol–water partition coefficient (Wildman–Crippen LogP) is 2.76. The number of esters is 1. The molecule has 1 aliphatic heterocycles. The van der Waals surface area contributed by atoms with Crippen molar-refractivity contribution in [3.63, 3.8) is 0 Å². The summed E-state index contributed by atoms with van der Waals surface area (Å²) in [6, 6.07) is 8.99. The Labute approximate surface area is 99.8 Å². The molecule has 2 aromatic rings. The fourth-order valence-corrected chi connectivity index (χ4v) is 2.47. The van der Waals surface area contributed by atoms with Crippen molar-refractivity contribution in [3.8, 4) is 0 Å². The summed E-state index contributed by atoms with van der Waals surface area (Å²) in [5.41, 5.74) is 1.13. The lowest BCUT2D eigenvalue weighted by Crippen LogP contribution is -2.17. The molecule has 3 rings (SSSR count). The molecule has 0 amide bonds. The molecule has 0 bridgehead atoms. The largest absolute Gasteiger partial charge is 0.428 e. The summed E-state index contributed by atoms with van der Waals surface area (Å²) in [6.07, 6.45) is -1.17. The van der Waals surface area contributed by atoms with Gasteiger partial charge >= 0.3 is 5.97 Å². The van der Waals surface area contributed by atoms with Gasteiger partial charge in [0.25, 0.3) is 0 Å². The Kier molecular flexibility index (Phi) is 2.02. The maximum Gasteiger partial charge on any atom is 0.341 e. The average Bonchev–Trinajstić information content (AvgIpc) is 2.27. The van der Waals surface area contributed by atoms with Crippen molar-refractivity contribution in [1.29, 1.82) is 0 Å². The number of ether oxygens (including phenoxy) is 1. The normalized spacial score (nSPS) is 18.6. The van der Waals surface area contributed by atoms with E-state index in [1.807, 2.05) is 12.1 Å². The van der Waals surface area contributed by atoms with Gasteiger partial charge in [0.15, 0.2) is 0 Å². The van der Waals surface area contributed by atoms with Crippen LogP contribution in [0.1, 0.15) is 22.2 Å². The van der Waals surface area contributed by atoms with Crippen LogP contribution < -0.4 is 0 Å². The third kappa shape index (κ3) is 1.20. The molecule has 1 N–H and O–H groups in total. The molecule has 0 aromatic heterocycles. The predicted molar refractivity (Wildman–Crippen MR) is 62.0 cm³/mol. The summed E-state index contributed by atoms with van der Waals surface area (Å²) < 4.78 is 5.74. The Morgan fingerprint density at radius 2 is 2.06 bits per heavy atom. The van der Waals surface area contributed by atoms with Gasteiger partial charge in [-0.2, -0.15) is 0 Å². The van der Waals surface area contributed by atoms with E-state index >= 15 is 0 Å². The molecule has 80 valence electrons. The molecule has 0 saturated heterocycles. The highest BCUT2D eigenvalue weighted by Gasteiger charge is 2.27. The van der Waals surface area contributed by atoms with Crippen LogP contribution in [-0.2, 0) is 4.74 Å². The van der Waals surface area contributed by atoms with E-state index in [2.05, 4.69) is 15.9 Å². The molecule has 0 saturated carbocycles. The lowest BCUT2D eigenvalue weighted by atomic mass is 9.97. The quantitative estimate of drug-likeness (QED) is 0.754. The maximum absolute atomic E-state index is 11.6. The summed E-state index contributed by atoms with van der Waals surface area (Å²) >= 11 is 3.42. The van der Waals surface area contributed by atoms with Crippen LogP contribution in [0.2, 0.25) is 0 Å². The summed E-state index contributed by atoms with van der Waals surface area (Å²) in [5.74, 6) is -0.483. The number of carbonyl (C=O) groups excluding carboxylic acids is 1. The van der Waals surface area contributed by atoms with E-state index in [0.29, 0.717) is 11.1 Å². The van der Waals surface area contributed by atoms with Crippen molar-refractivity contribution < 1.29 is 14.6 Å². The minimum atomic E-state index is -1.17. The second-order valence-electron chi connectivity index (χ2n) is 3.62. The first-order chi connectivity index (χ1) is 7.68. The van der Waals surface area contributed by atoms with Crippen molar-refractivity contribution in [2.24, 2.45) is 0 Å². The molecule has 0 spiro atoms. The second-order valence-corrected chi connectivity index (χ2v) is 4.48. The van der Waals surface area contributed by atoms with Crippen molar-refractivity contribution in [3.05, 3.63) is 45.9 Å². The zero-order chi connectivity index (χ0) is 11.3. The van der Waals surface area contributed by atoms with E-state index in [-0.39, 0.29) is 0 Å².